The number of nitrogens with zero attached hydrogens (tertiary/aromatic N) is 3. The lowest BCUT2D eigenvalue weighted by Crippen LogP contribution is -2.44. The molecule has 1 aliphatic heterocycles. The number of urea groups is 1. The maximum atomic E-state index is 13.5. The van der Waals surface area contributed by atoms with Gasteiger partial charge in [-0.25, -0.2) is 14.8 Å². The standard InChI is InChI=1S/C30H30N6O3S/c1-19(26-17-31-13-14-39-26)36-18-33-24-9-7-21(15-23(24)28(36)37)22-8-10-27-25(16-22)34-30(40-27)35-29(38)32-12-11-20-5-3-2-4-6-20/h2-10,15-16,18-19,26,31H,11-14,17H2,1H3,(H2,32,34,35,38). The minimum atomic E-state index is -0.280. The second-order valence-electron chi connectivity index (χ2n) is 9.86. The molecule has 0 spiro atoms. The molecule has 0 bridgehead atoms. The molecule has 0 radical (unpaired) electrons. The van der Waals surface area contributed by atoms with E-state index in [-0.39, 0.29) is 23.7 Å². The maximum absolute atomic E-state index is 13.5. The number of thiazole rings is 1. The summed E-state index contributed by atoms with van der Waals surface area (Å²) in [5.74, 6) is 0. The Balaban J connectivity index is 1.19. The van der Waals surface area contributed by atoms with Gasteiger partial charge in [0, 0.05) is 19.6 Å². The van der Waals surface area contributed by atoms with Crippen LogP contribution in [0.15, 0.2) is 77.9 Å². The third kappa shape index (κ3) is 5.60. The van der Waals surface area contributed by atoms with E-state index < -0.39 is 0 Å². The van der Waals surface area contributed by atoms with Crippen LogP contribution in [-0.2, 0) is 11.2 Å². The summed E-state index contributed by atoms with van der Waals surface area (Å²) < 4.78 is 8.50. The lowest BCUT2D eigenvalue weighted by atomic mass is 10.0. The van der Waals surface area contributed by atoms with Crippen molar-refractivity contribution >= 4 is 43.6 Å². The normalized spacial score (nSPS) is 16.2. The van der Waals surface area contributed by atoms with Gasteiger partial charge in [0.2, 0.25) is 0 Å². The fourth-order valence-corrected chi connectivity index (χ4v) is 5.79. The number of carbonyl (C=O) groups is 1. The van der Waals surface area contributed by atoms with E-state index in [2.05, 4.69) is 25.9 Å². The Kier molecular flexibility index (Phi) is 7.54. The van der Waals surface area contributed by atoms with Crippen molar-refractivity contribution < 1.29 is 9.53 Å². The van der Waals surface area contributed by atoms with Gasteiger partial charge in [0.05, 0.1) is 46.2 Å². The summed E-state index contributed by atoms with van der Waals surface area (Å²) >= 11 is 1.42. The highest BCUT2D eigenvalue weighted by atomic mass is 32.1. The fourth-order valence-electron chi connectivity index (χ4n) is 4.95. The SMILES string of the molecule is CC(C1CNCCO1)n1cnc2ccc(-c3ccc4sc(NC(=O)NCCc5ccccc5)nc4c3)cc2c1=O. The number of carbonyl (C=O) groups excluding carboxylic acids is 1. The Morgan fingerprint density at radius 3 is 2.77 bits per heavy atom. The number of ether oxygens (including phenoxy) is 1. The van der Waals surface area contributed by atoms with Gasteiger partial charge in [-0.1, -0.05) is 53.8 Å². The topological polar surface area (TPSA) is 110 Å². The Labute approximate surface area is 235 Å². The molecule has 3 N–H and O–H groups in total. The van der Waals surface area contributed by atoms with Gasteiger partial charge in [-0.2, -0.15) is 0 Å². The molecule has 3 heterocycles. The smallest absolute Gasteiger partial charge is 0.321 e. The number of morpholine rings is 1. The number of hydrogen-bond acceptors (Lipinski definition) is 7. The van der Waals surface area contributed by atoms with Crippen LogP contribution in [0.5, 0.6) is 0 Å². The summed E-state index contributed by atoms with van der Waals surface area (Å²) in [6, 6.07) is 21.3. The summed E-state index contributed by atoms with van der Waals surface area (Å²) in [6.45, 7) is 4.67. The molecule has 40 heavy (non-hydrogen) atoms. The molecule has 2 aromatic heterocycles. The summed E-state index contributed by atoms with van der Waals surface area (Å²) in [5, 5.41) is 10.1. The van der Waals surface area contributed by atoms with Crippen LogP contribution < -0.4 is 21.5 Å². The van der Waals surface area contributed by atoms with Gasteiger partial charge in [-0.05, 0) is 54.3 Å². The molecule has 204 valence electrons. The van der Waals surface area contributed by atoms with E-state index in [1.54, 1.807) is 10.9 Å². The van der Waals surface area contributed by atoms with Crippen molar-refractivity contribution in [3.63, 3.8) is 0 Å². The van der Waals surface area contributed by atoms with Crippen LogP contribution in [-0.4, -0.2) is 52.9 Å². The minimum absolute atomic E-state index is 0.0882. The number of aromatic nitrogens is 3. The average molecular weight is 555 g/mol. The largest absolute Gasteiger partial charge is 0.373 e. The molecule has 0 aliphatic carbocycles. The summed E-state index contributed by atoms with van der Waals surface area (Å²) in [4.78, 5) is 35.0. The zero-order valence-electron chi connectivity index (χ0n) is 22.1. The molecular formula is C30H30N6O3S. The number of amides is 2. The van der Waals surface area contributed by atoms with Crippen molar-refractivity contribution in [3.8, 4) is 11.1 Å². The first-order chi connectivity index (χ1) is 19.5. The third-order valence-electron chi connectivity index (χ3n) is 7.20. The van der Waals surface area contributed by atoms with Crippen LogP contribution in [0.2, 0.25) is 0 Å². The molecule has 2 amide bonds. The molecule has 10 heteroatoms. The highest BCUT2D eigenvalue weighted by Gasteiger charge is 2.23. The highest BCUT2D eigenvalue weighted by molar-refractivity contribution is 7.22. The van der Waals surface area contributed by atoms with Crippen molar-refractivity contribution in [1.29, 1.82) is 0 Å². The summed E-state index contributed by atoms with van der Waals surface area (Å²) in [5.41, 5.74) is 4.34. The number of anilines is 1. The van der Waals surface area contributed by atoms with E-state index >= 15 is 0 Å². The zero-order chi connectivity index (χ0) is 27.5. The second-order valence-corrected chi connectivity index (χ2v) is 10.9. The second kappa shape index (κ2) is 11.5. The first-order valence-electron chi connectivity index (χ1n) is 13.4. The van der Waals surface area contributed by atoms with E-state index in [0.717, 1.165) is 34.3 Å². The van der Waals surface area contributed by atoms with Crippen LogP contribution in [0.4, 0.5) is 9.93 Å². The van der Waals surface area contributed by atoms with Crippen molar-refractivity contribution in [2.45, 2.75) is 25.5 Å². The quantitative estimate of drug-likeness (QED) is 0.272. The maximum Gasteiger partial charge on any atom is 0.321 e. The van der Waals surface area contributed by atoms with Crippen molar-refractivity contribution in [2.24, 2.45) is 0 Å². The van der Waals surface area contributed by atoms with E-state index in [0.29, 0.717) is 35.7 Å². The minimum Gasteiger partial charge on any atom is -0.373 e. The Morgan fingerprint density at radius 2 is 1.95 bits per heavy atom. The van der Waals surface area contributed by atoms with Crippen LogP contribution in [0.1, 0.15) is 18.5 Å². The number of nitrogens with one attached hydrogen (secondary N) is 3. The Morgan fingerprint density at radius 1 is 1.12 bits per heavy atom. The van der Waals surface area contributed by atoms with E-state index in [9.17, 15) is 9.59 Å². The molecule has 2 unspecified atom stereocenters. The molecule has 6 rings (SSSR count). The van der Waals surface area contributed by atoms with Gasteiger partial charge in [0.1, 0.15) is 0 Å². The first-order valence-corrected chi connectivity index (χ1v) is 14.2. The first kappa shape index (κ1) is 26.1. The van der Waals surface area contributed by atoms with Gasteiger partial charge in [0.25, 0.3) is 5.56 Å². The van der Waals surface area contributed by atoms with Crippen molar-refractivity contribution in [1.82, 2.24) is 25.2 Å². The zero-order valence-corrected chi connectivity index (χ0v) is 22.9. The number of fused-ring (bicyclic) bond motifs is 2. The van der Waals surface area contributed by atoms with E-state index in [1.807, 2.05) is 73.7 Å². The predicted molar refractivity (Wildman–Crippen MR) is 159 cm³/mol. The van der Waals surface area contributed by atoms with Gasteiger partial charge in [-0.15, -0.1) is 0 Å². The number of benzene rings is 3. The lowest BCUT2D eigenvalue weighted by molar-refractivity contribution is -0.00128. The number of hydrogen-bond donors (Lipinski definition) is 3. The summed E-state index contributed by atoms with van der Waals surface area (Å²) in [7, 11) is 0. The molecule has 2 atom stereocenters. The monoisotopic (exact) mass is 554 g/mol. The molecular weight excluding hydrogens is 524 g/mol. The van der Waals surface area contributed by atoms with Crippen molar-refractivity contribution in [3.05, 3.63) is 89.0 Å². The molecule has 1 saturated heterocycles. The molecule has 9 nitrogen and oxygen atoms in total. The number of rotatable bonds is 7. The summed E-state index contributed by atoms with van der Waals surface area (Å²) in [6.07, 6.45) is 2.28. The van der Waals surface area contributed by atoms with Crippen LogP contribution >= 0.6 is 11.3 Å². The van der Waals surface area contributed by atoms with Gasteiger partial charge >= 0.3 is 6.03 Å². The Bertz CT molecular complexity index is 1710. The fraction of sp³-hybridized carbons (Fsp3) is 0.267. The lowest BCUT2D eigenvalue weighted by Gasteiger charge is -2.29. The van der Waals surface area contributed by atoms with Gasteiger partial charge in [0.15, 0.2) is 5.13 Å². The predicted octanol–water partition coefficient (Wildman–Crippen LogP) is 4.59. The van der Waals surface area contributed by atoms with Crippen LogP contribution in [0.25, 0.3) is 32.2 Å². The molecule has 5 aromatic rings. The molecule has 0 saturated carbocycles. The Hall–Kier alpha value is -4.12. The van der Waals surface area contributed by atoms with E-state index in [1.165, 1.54) is 16.9 Å². The molecule has 3 aromatic carbocycles. The molecule has 1 aliphatic rings. The van der Waals surface area contributed by atoms with Crippen molar-refractivity contribution in [2.75, 3.05) is 31.6 Å². The van der Waals surface area contributed by atoms with Gasteiger partial charge < -0.3 is 15.4 Å². The van der Waals surface area contributed by atoms with E-state index in [4.69, 9.17) is 4.74 Å². The third-order valence-corrected chi connectivity index (χ3v) is 8.15. The van der Waals surface area contributed by atoms with Crippen LogP contribution in [0, 0.1) is 0 Å². The average Bonchev–Trinajstić information content (AvgIpc) is 3.39. The molecule has 1 fully saturated rings. The van der Waals surface area contributed by atoms with Crippen LogP contribution in [0.3, 0.4) is 0 Å². The highest BCUT2D eigenvalue weighted by Crippen LogP contribution is 2.31. The van der Waals surface area contributed by atoms with Gasteiger partial charge in [-0.3, -0.25) is 14.7 Å².